The maximum absolute atomic E-state index is 10.3. The lowest BCUT2D eigenvalue weighted by Crippen LogP contribution is -2.45. The van der Waals surface area contributed by atoms with Crippen LogP contribution in [0.5, 0.6) is 5.75 Å². The molecule has 1 aromatic rings. The molecule has 0 aromatic heterocycles. The summed E-state index contributed by atoms with van der Waals surface area (Å²) < 4.78 is 0. The van der Waals surface area contributed by atoms with Gasteiger partial charge in [0.15, 0.2) is 0 Å². The number of nitrogens with one attached hydrogen (secondary N) is 1. The Kier molecular flexibility index (Phi) is 10.5. The Morgan fingerprint density at radius 1 is 1.27 bits per heavy atom. The van der Waals surface area contributed by atoms with Crippen LogP contribution < -0.4 is 5.32 Å². The predicted octanol–water partition coefficient (Wildman–Crippen LogP) is 4.46. The van der Waals surface area contributed by atoms with Crippen LogP contribution in [0.15, 0.2) is 24.8 Å². The summed E-state index contributed by atoms with van der Waals surface area (Å²) >= 11 is 12.1. The first-order valence-corrected chi connectivity index (χ1v) is 7.62. The zero-order valence-electron chi connectivity index (χ0n) is 12.2. The van der Waals surface area contributed by atoms with Gasteiger partial charge in [0.2, 0.25) is 0 Å². The molecule has 2 N–H and O–H groups in total. The predicted molar refractivity (Wildman–Crippen MR) is 99.2 cm³/mol. The fourth-order valence-corrected chi connectivity index (χ4v) is 3.15. The zero-order chi connectivity index (χ0) is 14.5. The summed E-state index contributed by atoms with van der Waals surface area (Å²) in [6.45, 7) is 7.60. The van der Waals surface area contributed by atoms with Crippen LogP contribution in [0.2, 0.25) is 10.0 Å². The van der Waals surface area contributed by atoms with Crippen LogP contribution in [-0.2, 0) is 0 Å². The first kappa shape index (κ1) is 21.8. The second-order valence-corrected chi connectivity index (χ2v) is 5.84. The van der Waals surface area contributed by atoms with Crippen LogP contribution in [0.3, 0.4) is 0 Å². The molecule has 0 spiro atoms. The first-order valence-electron chi connectivity index (χ1n) is 6.87. The van der Waals surface area contributed by atoms with Crippen molar-refractivity contribution >= 4 is 48.0 Å². The van der Waals surface area contributed by atoms with E-state index in [0.29, 0.717) is 10.0 Å². The molecule has 1 saturated heterocycles. The van der Waals surface area contributed by atoms with Gasteiger partial charge < -0.3 is 10.4 Å². The van der Waals surface area contributed by atoms with Crippen molar-refractivity contribution < 1.29 is 5.11 Å². The SMILES string of the molecule is C=CCC[C@@H](c1cc(Cl)cc(Cl)c1O)N1CCNCC1.Cl.Cl. The van der Waals surface area contributed by atoms with E-state index in [4.69, 9.17) is 23.2 Å². The maximum atomic E-state index is 10.3. The van der Waals surface area contributed by atoms with Gasteiger partial charge in [0.25, 0.3) is 0 Å². The molecule has 7 heteroatoms. The lowest BCUT2D eigenvalue weighted by Gasteiger charge is -2.35. The minimum atomic E-state index is 0. The minimum absolute atomic E-state index is 0. The van der Waals surface area contributed by atoms with Gasteiger partial charge in [-0.25, -0.2) is 0 Å². The fourth-order valence-electron chi connectivity index (χ4n) is 2.64. The smallest absolute Gasteiger partial charge is 0.139 e. The first-order chi connectivity index (χ1) is 9.63. The Balaban J connectivity index is 0.00000220. The molecule has 0 saturated carbocycles. The van der Waals surface area contributed by atoms with E-state index in [-0.39, 0.29) is 36.6 Å². The number of rotatable bonds is 5. The fraction of sp³-hybridized carbons (Fsp3) is 0.467. The number of halogens is 4. The lowest BCUT2D eigenvalue weighted by atomic mass is 9.98. The molecule has 0 bridgehead atoms. The Bertz CT molecular complexity index is 479. The van der Waals surface area contributed by atoms with Gasteiger partial charge in [0.1, 0.15) is 5.75 Å². The normalized spacial score (nSPS) is 16.3. The van der Waals surface area contributed by atoms with E-state index >= 15 is 0 Å². The van der Waals surface area contributed by atoms with Gasteiger partial charge in [0.05, 0.1) is 5.02 Å². The Morgan fingerprint density at radius 3 is 2.50 bits per heavy atom. The average Bonchev–Trinajstić information content (AvgIpc) is 2.45. The second kappa shape index (κ2) is 10.6. The van der Waals surface area contributed by atoms with Gasteiger partial charge in [-0.1, -0.05) is 29.3 Å². The summed E-state index contributed by atoms with van der Waals surface area (Å²) in [5.41, 5.74) is 0.811. The molecular formula is C15H22Cl4N2O. The van der Waals surface area contributed by atoms with Crippen molar-refractivity contribution in [3.63, 3.8) is 0 Å². The quantitative estimate of drug-likeness (QED) is 0.732. The molecule has 1 aliphatic heterocycles. The zero-order valence-corrected chi connectivity index (χ0v) is 15.4. The number of phenolic OH excluding ortho intramolecular Hbond substituents is 1. The lowest BCUT2D eigenvalue weighted by molar-refractivity contribution is 0.163. The van der Waals surface area contributed by atoms with E-state index in [1.807, 2.05) is 12.1 Å². The molecule has 0 unspecified atom stereocenters. The third kappa shape index (κ3) is 5.48. The number of hydrogen-bond acceptors (Lipinski definition) is 3. The number of piperazine rings is 1. The van der Waals surface area contributed by atoms with Crippen molar-refractivity contribution in [2.24, 2.45) is 0 Å². The summed E-state index contributed by atoms with van der Waals surface area (Å²) in [7, 11) is 0. The number of allylic oxidation sites excluding steroid dienone is 1. The molecule has 0 radical (unpaired) electrons. The number of aromatic hydroxyl groups is 1. The van der Waals surface area contributed by atoms with Crippen LogP contribution in [0.1, 0.15) is 24.4 Å². The summed E-state index contributed by atoms with van der Waals surface area (Å²) in [5.74, 6) is 0.142. The van der Waals surface area contributed by atoms with Gasteiger partial charge in [-0.3, -0.25) is 4.90 Å². The van der Waals surface area contributed by atoms with E-state index in [1.165, 1.54) is 0 Å². The standard InChI is InChI=1S/C15H20Cl2N2O.2ClH/c1-2-3-4-14(19-7-5-18-6-8-19)12-9-11(16)10-13(17)15(12)20;;/h2,9-10,14,18,20H,1,3-8H2;2*1H/t14-;;/m0../s1. The summed E-state index contributed by atoms with van der Waals surface area (Å²) in [4.78, 5) is 2.36. The van der Waals surface area contributed by atoms with Crippen molar-refractivity contribution in [2.45, 2.75) is 18.9 Å². The van der Waals surface area contributed by atoms with Gasteiger partial charge in [-0.05, 0) is 25.0 Å². The summed E-state index contributed by atoms with van der Waals surface area (Å²) in [6.07, 6.45) is 3.68. The maximum Gasteiger partial charge on any atom is 0.139 e. The highest BCUT2D eigenvalue weighted by atomic mass is 35.5. The van der Waals surface area contributed by atoms with Crippen molar-refractivity contribution in [3.8, 4) is 5.75 Å². The van der Waals surface area contributed by atoms with Gasteiger partial charge in [0, 0.05) is 42.8 Å². The third-order valence-corrected chi connectivity index (χ3v) is 4.16. The average molecular weight is 388 g/mol. The van der Waals surface area contributed by atoms with Gasteiger partial charge in [-0.2, -0.15) is 0 Å². The number of nitrogens with zero attached hydrogens (tertiary/aromatic N) is 1. The van der Waals surface area contributed by atoms with E-state index in [1.54, 1.807) is 6.07 Å². The molecule has 0 amide bonds. The van der Waals surface area contributed by atoms with Gasteiger partial charge in [-0.15, -0.1) is 31.4 Å². The van der Waals surface area contributed by atoms with E-state index in [2.05, 4.69) is 16.8 Å². The van der Waals surface area contributed by atoms with Crippen LogP contribution >= 0.6 is 48.0 Å². The highest BCUT2D eigenvalue weighted by Gasteiger charge is 2.25. The van der Waals surface area contributed by atoms with Crippen molar-refractivity contribution in [2.75, 3.05) is 26.2 Å². The number of phenols is 1. The summed E-state index contributed by atoms with van der Waals surface area (Å²) in [6, 6.07) is 3.51. The van der Waals surface area contributed by atoms with Crippen molar-refractivity contribution in [1.29, 1.82) is 0 Å². The molecule has 1 heterocycles. The van der Waals surface area contributed by atoms with Gasteiger partial charge >= 0.3 is 0 Å². The Morgan fingerprint density at radius 2 is 1.91 bits per heavy atom. The van der Waals surface area contributed by atoms with E-state index < -0.39 is 0 Å². The molecule has 22 heavy (non-hydrogen) atoms. The molecular weight excluding hydrogens is 366 g/mol. The summed E-state index contributed by atoms with van der Waals surface area (Å²) in [5, 5.41) is 14.5. The van der Waals surface area contributed by atoms with Crippen LogP contribution in [0.4, 0.5) is 0 Å². The second-order valence-electron chi connectivity index (χ2n) is 4.99. The number of hydrogen-bond donors (Lipinski definition) is 2. The Hall–Kier alpha value is -0.160. The molecule has 0 aliphatic carbocycles. The van der Waals surface area contributed by atoms with Crippen LogP contribution in [0.25, 0.3) is 0 Å². The monoisotopic (exact) mass is 386 g/mol. The van der Waals surface area contributed by atoms with Crippen molar-refractivity contribution in [3.05, 3.63) is 40.4 Å². The number of benzene rings is 1. The molecule has 1 aliphatic rings. The largest absolute Gasteiger partial charge is 0.506 e. The molecule has 1 aromatic carbocycles. The molecule has 1 fully saturated rings. The Labute approximate surface area is 154 Å². The third-order valence-electron chi connectivity index (χ3n) is 3.65. The van der Waals surface area contributed by atoms with Crippen LogP contribution in [0, 0.1) is 0 Å². The van der Waals surface area contributed by atoms with E-state index in [9.17, 15) is 5.11 Å². The van der Waals surface area contributed by atoms with Crippen molar-refractivity contribution in [1.82, 2.24) is 10.2 Å². The molecule has 1 atom stereocenters. The molecule has 126 valence electrons. The molecule has 2 rings (SSSR count). The van der Waals surface area contributed by atoms with Crippen LogP contribution in [-0.4, -0.2) is 36.2 Å². The highest BCUT2D eigenvalue weighted by molar-refractivity contribution is 6.35. The molecule has 3 nitrogen and oxygen atoms in total. The van der Waals surface area contributed by atoms with E-state index in [0.717, 1.165) is 44.6 Å². The topological polar surface area (TPSA) is 35.5 Å². The minimum Gasteiger partial charge on any atom is -0.506 e. The highest BCUT2D eigenvalue weighted by Crippen LogP contribution is 2.39.